The highest BCUT2D eigenvalue weighted by Crippen LogP contribution is 2.33. The summed E-state index contributed by atoms with van der Waals surface area (Å²) < 4.78 is 8.06. The Balaban J connectivity index is 2.00. The summed E-state index contributed by atoms with van der Waals surface area (Å²) in [6.07, 6.45) is 2.37. The normalized spacial score (nSPS) is 13.1. The van der Waals surface area contributed by atoms with Crippen molar-refractivity contribution < 1.29 is 14.6 Å². The first-order valence-electron chi connectivity index (χ1n) is 5.84. The van der Waals surface area contributed by atoms with E-state index >= 15 is 0 Å². The molecule has 0 radical (unpaired) electrons. The van der Waals surface area contributed by atoms with Crippen molar-refractivity contribution in [3.8, 4) is 5.75 Å². The van der Waals surface area contributed by atoms with Crippen molar-refractivity contribution in [3.05, 3.63) is 45.7 Å². The molecule has 2 heterocycles. The van der Waals surface area contributed by atoms with Crippen molar-refractivity contribution in [2.75, 3.05) is 6.61 Å². The van der Waals surface area contributed by atoms with Gasteiger partial charge in [-0.25, -0.2) is 4.79 Å². The standard InChI is InChI=1S/C13H11BrN2O3/c14-10-5-8-2-4-19-12(8)9(6-10)7-16-11(13(17)18)1-3-15-16/h1,3,5-6H,2,4,7H2,(H,17,18). The highest BCUT2D eigenvalue weighted by molar-refractivity contribution is 9.10. The molecule has 19 heavy (non-hydrogen) atoms. The summed E-state index contributed by atoms with van der Waals surface area (Å²) in [6, 6.07) is 5.46. The fourth-order valence-electron chi connectivity index (χ4n) is 2.27. The second-order valence-electron chi connectivity index (χ2n) is 4.33. The molecule has 1 aliphatic rings. The van der Waals surface area contributed by atoms with Gasteiger partial charge >= 0.3 is 5.97 Å². The van der Waals surface area contributed by atoms with E-state index in [4.69, 9.17) is 9.84 Å². The second-order valence-corrected chi connectivity index (χ2v) is 5.25. The minimum absolute atomic E-state index is 0.173. The van der Waals surface area contributed by atoms with E-state index in [9.17, 15) is 4.79 Å². The molecule has 0 saturated heterocycles. The molecule has 0 unspecified atom stereocenters. The molecule has 3 rings (SSSR count). The predicted octanol–water partition coefficient (Wildman–Crippen LogP) is 2.33. The molecular weight excluding hydrogens is 312 g/mol. The SMILES string of the molecule is O=C(O)c1ccnn1Cc1cc(Br)cc2c1OCC2. The van der Waals surface area contributed by atoms with Crippen molar-refractivity contribution in [3.63, 3.8) is 0 Å². The third kappa shape index (κ3) is 2.23. The number of carbonyl (C=O) groups is 1. The van der Waals surface area contributed by atoms with Crippen LogP contribution in [-0.4, -0.2) is 27.5 Å². The van der Waals surface area contributed by atoms with Gasteiger partial charge in [-0.1, -0.05) is 15.9 Å². The number of carboxylic acid groups (broad SMARTS) is 1. The van der Waals surface area contributed by atoms with E-state index in [2.05, 4.69) is 21.0 Å². The molecule has 1 N–H and O–H groups in total. The van der Waals surface area contributed by atoms with E-state index in [0.29, 0.717) is 13.2 Å². The number of aromatic carboxylic acids is 1. The van der Waals surface area contributed by atoms with Gasteiger partial charge in [-0.3, -0.25) is 4.68 Å². The van der Waals surface area contributed by atoms with Crippen LogP contribution < -0.4 is 4.74 Å². The Labute approximate surface area is 117 Å². The summed E-state index contributed by atoms with van der Waals surface area (Å²) in [5.74, 6) is -0.125. The molecule has 1 aromatic carbocycles. The van der Waals surface area contributed by atoms with Gasteiger partial charge in [0.15, 0.2) is 0 Å². The van der Waals surface area contributed by atoms with Gasteiger partial charge in [-0.05, 0) is 23.8 Å². The van der Waals surface area contributed by atoms with E-state index in [1.807, 2.05) is 12.1 Å². The maximum Gasteiger partial charge on any atom is 0.354 e. The molecule has 0 amide bonds. The van der Waals surface area contributed by atoms with E-state index in [-0.39, 0.29) is 5.69 Å². The summed E-state index contributed by atoms with van der Waals surface area (Å²) in [7, 11) is 0. The first-order valence-corrected chi connectivity index (χ1v) is 6.63. The largest absolute Gasteiger partial charge is 0.493 e. The molecule has 2 aromatic rings. The average molecular weight is 323 g/mol. The first kappa shape index (κ1) is 12.2. The van der Waals surface area contributed by atoms with E-state index < -0.39 is 5.97 Å². The molecule has 0 spiro atoms. The van der Waals surface area contributed by atoms with Crippen molar-refractivity contribution in [1.82, 2.24) is 9.78 Å². The fraction of sp³-hybridized carbons (Fsp3) is 0.231. The average Bonchev–Trinajstić information content (AvgIpc) is 2.96. The predicted molar refractivity (Wildman–Crippen MR) is 71.6 cm³/mol. The van der Waals surface area contributed by atoms with Gasteiger partial charge in [-0.15, -0.1) is 0 Å². The highest BCUT2D eigenvalue weighted by atomic mass is 79.9. The van der Waals surface area contributed by atoms with E-state index in [1.54, 1.807) is 0 Å². The van der Waals surface area contributed by atoms with Crippen LogP contribution in [0.5, 0.6) is 5.75 Å². The lowest BCUT2D eigenvalue weighted by molar-refractivity contribution is 0.0684. The summed E-state index contributed by atoms with van der Waals surface area (Å²) >= 11 is 3.47. The van der Waals surface area contributed by atoms with E-state index in [0.717, 1.165) is 27.8 Å². The Hall–Kier alpha value is -1.82. The molecule has 98 valence electrons. The van der Waals surface area contributed by atoms with Crippen LogP contribution in [0.15, 0.2) is 28.9 Å². The summed E-state index contributed by atoms with van der Waals surface area (Å²) in [5.41, 5.74) is 2.26. The smallest absolute Gasteiger partial charge is 0.354 e. The number of hydrogen-bond acceptors (Lipinski definition) is 3. The molecule has 1 aliphatic heterocycles. The van der Waals surface area contributed by atoms with Crippen molar-refractivity contribution in [2.45, 2.75) is 13.0 Å². The minimum atomic E-state index is -0.981. The van der Waals surface area contributed by atoms with Crippen LogP contribution in [0.4, 0.5) is 0 Å². The molecule has 6 heteroatoms. The molecule has 0 fully saturated rings. The van der Waals surface area contributed by atoms with Crippen LogP contribution in [0.25, 0.3) is 0 Å². The Morgan fingerprint density at radius 3 is 3.16 bits per heavy atom. The van der Waals surface area contributed by atoms with Crippen molar-refractivity contribution in [1.29, 1.82) is 0 Å². The highest BCUT2D eigenvalue weighted by Gasteiger charge is 2.19. The summed E-state index contributed by atoms with van der Waals surface area (Å²) in [4.78, 5) is 11.1. The van der Waals surface area contributed by atoms with Gasteiger partial charge in [0.1, 0.15) is 11.4 Å². The fourth-order valence-corrected chi connectivity index (χ4v) is 2.82. The Bertz CT molecular complexity index is 651. The van der Waals surface area contributed by atoms with Gasteiger partial charge < -0.3 is 9.84 Å². The van der Waals surface area contributed by atoms with Crippen LogP contribution >= 0.6 is 15.9 Å². The molecule has 5 nitrogen and oxygen atoms in total. The number of aromatic nitrogens is 2. The van der Waals surface area contributed by atoms with Crippen LogP contribution in [0, 0.1) is 0 Å². The monoisotopic (exact) mass is 322 g/mol. The number of rotatable bonds is 3. The topological polar surface area (TPSA) is 64.3 Å². The lowest BCUT2D eigenvalue weighted by Crippen LogP contribution is -2.11. The molecule has 0 bridgehead atoms. The Morgan fingerprint density at radius 1 is 1.53 bits per heavy atom. The lowest BCUT2D eigenvalue weighted by atomic mass is 10.1. The number of nitrogens with zero attached hydrogens (tertiary/aromatic N) is 2. The molecule has 1 aromatic heterocycles. The molecule has 0 saturated carbocycles. The van der Waals surface area contributed by atoms with Gasteiger partial charge in [0.25, 0.3) is 0 Å². The van der Waals surface area contributed by atoms with Gasteiger partial charge in [0, 0.05) is 22.7 Å². The maximum atomic E-state index is 11.1. The van der Waals surface area contributed by atoms with Crippen molar-refractivity contribution >= 4 is 21.9 Å². The third-order valence-corrected chi connectivity index (χ3v) is 3.54. The summed E-state index contributed by atoms with van der Waals surface area (Å²) in [5, 5.41) is 13.1. The van der Waals surface area contributed by atoms with Crippen LogP contribution in [0.3, 0.4) is 0 Å². The maximum absolute atomic E-state index is 11.1. The molecular formula is C13H11BrN2O3. The number of carboxylic acids is 1. The number of ether oxygens (including phenoxy) is 1. The van der Waals surface area contributed by atoms with Crippen LogP contribution in [-0.2, 0) is 13.0 Å². The third-order valence-electron chi connectivity index (χ3n) is 3.08. The van der Waals surface area contributed by atoms with Gasteiger partial charge in [0.05, 0.1) is 13.2 Å². The first-order chi connectivity index (χ1) is 9.15. The van der Waals surface area contributed by atoms with Crippen LogP contribution in [0.2, 0.25) is 0 Å². The van der Waals surface area contributed by atoms with E-state index in [1.165, 1.54) is 16.9 Å². The number of hydrogen-bond donors (Lipinski definition) is 1. The van der Waals surface area contributed by atoms with Gasteiger partial charge in [0.2, 0.25) is 0 Å². The number of halogens is 1. The second kappa shape index (κ2) is 4.70. The van der Waals surface area contributed by atoms with Gasteiger partial charge in [-0.2, -0.15) is 5.10 Å². The van der Waals surface area contributed by atoms with Crippen LogP contribution in [0.1, 0.15) is 21.6 Å². The van der Waals surface area contributed by atoms with Crippen molar-refractivity contribution in [2.24, 2.45) is 0 Å². The number of benzene rings is 1. The Morgan fingerprint density at radius 2 is 2.37 bits per heavy atom. The molecule has 0 aliphatic carbocycles. The quantitative estimate of drug-likeness (QED) is 0.942. The minimum Gasteiger partial charge on any atom is -0.493 e. The zero-order chi connectivity index (χ0) is 13.4. The molecule has 0 atom stereocenters. The lowest BCUT2D eigenvalue weighted by Gasteiger charge is -2.10. The summed E-state index contributed by atoms with van der Waals surface area (Å²) in [6.45, 7) is 1.06. The number of fused-ring (bicyclic) bond motifs is 1. The zero-order valence-electron chi connectivity index (χ0n) is 9.97. The zero-order valence-corrected chi connectivity index (χ0v) is 11.6. The Kier molecular flexibility index (Phi) is 3.02.